The lowest BCUT2D eigenvalue weighted by atomic mass is 10.4. The number of aliphatic hydroxyl groups is 1. The van der Waals surface area contributed by atoms with Crippen molar-refractivity contribution >= 4 is 5.78 Å². The van der Waals surface area contributed by atoms with Gasteiger partial charge in [0.25, 0.3) is 11.3 Å². The van der Waals surface area contributed by atoms with Crippen LogP contribution in [0.2, 0.25) is 0 Å². The first-order valence-electron chi connectivity index (χ1n) is 4.27. The molecule has 0 saturated heterocycles. The molecule has 0 spiro atoms. The minimum atomic E-state index is -0.191. The number of hydrogen-bond donors (Lipinski definition) is 2. The number of aromatic nitrogens is 4. The maximum atomic E-state index is 11.4. The van der Waals surface area contributed by atoms with Crippen molar-refractivity contribution in [2.24, 2.45) is 0 Å². The number of nitrogens with one attached hydrogen (secondary N) is 1. The van der Waals surface area contributed by atoms with Crippen molar-refractivity contribution in [2.45, 2.75) is 13.3 Å². The Bertz CT molecular complexity index is 514. The number of rotatable bonds is 2. The van der Waals surface area contributed by atoms with E-state index in [4.69, 9.17) is 5.11 Å². The number of fused-ring (bicyclic) bond motifs is 1. The molecule has 0 aliphatic heterocycles. The fourth-order valence-electron chi connectivity index (χ4n) is 1.25. The maximum Gasteiger partial charge on any atom is 0.274 e. The van der Waals surface area contributed by atoms with E-state index in [0.29, 0.717) is 23.7 Å². The highest BCUT2D eigenvalue weighted by molar-refractivity contribution is 5.27. The maximum absolute atomic E-state index is 11.4. The number of hydrogen-bond acceptors (Lipinski definition) is 4. The molecule has 0 fully saturated rings. The summed E-state index contributed by atoms with van der Waals surface area (Å²) >= 11 is 0. The zero-order chi connectivity index (χ0) is 10.1. The first kappa shape index (κ1) is 8.89. The summed E-state index contributed by atoms with van der Waals surface area (Å²) in [7, 11) is 0. The summed E-state index contributed by atoms with van der Waals surface area (Å²) in [5.74, 6) is 0.904. The van der Waals surface area contributed by atoms with Gasteiger partial charge in [0.1, 0.15) is 5.82 Å². The first-order chi connectivity index (χ1) is 6.70. The highest BCUT2D eigenvalue weighted by Gasteiger charge is 2.05. The smallest absolute Gasteiger partial charge is 0.274 e. The number of H-pyrrole nitrogens is 1. The van der Waals surface area contributed by atoms with Crippen LogP contribution in [0.15, 0.2) is 10.9 Å². The van der Waals surface area contributed by atoms with Gasteiger partial charge in [0.05, 0.1) is 6.61 Å². The second-order valence-electron chi connectivity index (χ2n) is 3.02. The van der Waals surface area contributed by atoms with Gasteiger partial charge >= 0.3 is 0 Å². The van der Waals surface area contributed by atoms with Crippen LogP contribution in [0.1, 0.15) is 11.5 Å². The lowest BCUT2D eigenvalue weighted by molar-refractivity contribution is 0.296. The van der Waals surface area contributed by atoms with Gasteiger partial charge in [0.2, 0.25) is 0 Å². The van der Waals surface area contributed by atoms with Crippen LogP contribution in [-0.4, -0.2) is 31.3 Å². The van der Waals surface area contributed by atoms with Crippen molar-refractivity contribution in [1.29, 1.82) is 0 Å². The third kappa shape index (κ3) is 1.39. The Labute approximate surface area is 79.2 Å². The van der Waals surface area contributed by atoms with Crippen LogP contribution < -0.4 is 5.56 Å². The van der Waals surface area contributed by atoms with E-state index in [1.54, 1.807) is 6.92 Å². The molecule has 2 rings (SSSR count). The molecule has 0 bridgehead atoms. The SMILES string of the molecule is Cc1cc(=O)n2[nH]c(CCO)nc2n1. The minimum Gasteiger partial charge on any atom is -0.396 e. The average Bonchev–Trinajstić information content (AvgIpc) is 2.48. The zero-order valence-corrected chi connectivity index (χ0v) is 7.69. The molecular formula is C8H10N4O2. The lowest BCUT2D eigenvalue weighted by Gasteiger charge is -1.90. The highest BCUT2D eigenvalue weighted by Crippen LogP contribution is 1.96. The van der Waals surface area contributed by atoms with E-state index < -0.39 is 0 Å². The molecule has 2 N–H and O–H groups in total. The Kier molecular flexibility index (Phi) is 2.05. The van der Waals surface area contributed by atoms with Crippen LogP contribution in [0.25, 0.3) is 5.78 Å². The molecule has 0 saturated carbocycles. The Morgan fingerprint density at radius 1 is 1.57 bits per heavy atom. The van der Waals surface area contributed by atoms with E-state index in [9.17, 15) is 4.79 Å². The summed E-state index contributed by atoms with van der Waals surface area (Å²) < 4.78 is 1.26. The fourth-order valence-corrected chi connectivity index (χ4v) is 1.25. The van der Waals surface area contributed by atoms with Crippen molar-refractivity contribution in [3.8, 4) is 0 Å². The van der Waals surface area contributed by atoms with Gasteiger partial charge in [-0.25, -0.2) is 4.98 Å². The molecular weight excluding hydrogens is 184 g/mol. The van der Waals surface area contributed by atoms with Gasteiger partial charge in [-0.2, -0.15) is 9.50 Å². The van der Waals surface area contributed by atoms with Crippen LogP contribution in [0, 0.1) is 6.92 Å². The molecule has 74 valence electrons. The third-order valence-corrected chi connectivity index (χ3v) is 1.85. The van der Waals surface area contributed by atoms with E-state index in [2.05, 4.69) is 15.1 Å². The molecule has 14 heavy (non-hydrogen) atoms. The van der Waals surface area contributed by atoms with E-state index >= 15 is 0 Å². The second-order valence-corrected chi connectivity index (χ2v) is 3.02. The van der Waals surface area contributed by atoms with Crippen molar-refractivity contribution in [1.82, 2.24) is 19.6 Å². The van der Waals surface area contributed by atoms with Gasteiger partial charge in [-0.1, -0.05) is 0 Å². The summed E-state index contributed by atoms with van der Waals surface area (Å²) in [6.45, 7) is 1.73. The van der Waals surface area contributed by atoms with Crippen LogP contribution in [0.5, 0.6) is 0 Å². The quantitative estimate of drug-likeness (QED) is 0.659. The van der Waals surface area contributed by atoms with Crippen LogP contribution >= 0.6 is 0 Å². The van der Waals surface area contributed by atoms with Gasteiger partial charge < -0.3 is 5.11 Å². The second kappa shape index (κ2) is 3.22. The topological polar surface area (TPSA) is 83.3 Å². The summed E-state index contributed by atoms with van der Waals surface area (Å²) in [5.41, 5.74) is 0.446. The van der Waals surface area contributed by atoms with E-state index in [1.807, 2.05) is 0 Å². The number of aromatic amines is 1. The zero-order valence-electron chi connectivity index (χ0n) is 7.69. The summed E-state index contributed by atoms with van der Waals surface area (Å²) in [4.78, 5) is 19.5. The molecule has 0 unspecified atom stereocenters. The molecule has 0 aliphatic rings. The molecule has 0 radical (unpaired) electrons. The van der Waals surface area contributed by atoms with E-state index in [0.717, 1.165) is 0 Å². The highest BCUT2D eigenvalue weighted by atomic mass is 16.3. The van der Waals surface area contributed by atoms with Crippen molar-refractivity contribution in [3.63, 3.8) is 0 Å². The Hall–Kier alpha value is -1.69. The summed E-state index contributed by atoms with van der Waals surface area (Å²) in [5, 5.41) is 11.5. The predicted octanol–water partition coefficient (Wildman–Crippen LogP) is -0.739. The Morgan fingerprint density at radius 2 is 2.36 bits per heavy atom. The van der Waals surface area contributed by atoms with Crippen molar-refractivity contribution in [2.75, 3.05) is 6.61 Å². The molecule has 6 heteroatoms. The van der Waals surface area contributed by atoms with Crippen LogP contribution in [-0.2, 0) is 6.42 Å². The summed E-state index contributed by atoms with van der Waals surface area (Å²) in [6.07, 6.45) is 0.391. The Morgan fingerprint density at radius 3 is 3.07 bits per heavy atom. The lowest BCUT2D eigenvalue weighted by Crippen LogP contribution is -2.14. The van der Waals surface area contributed by atoms with Crippen LogP contribution in [0.4, 0.5) is 0 Å². The number of nitrogens with zero attached hydrogens (tertiary/aromatic N) is 3. The summed E-state index contributed by atoms with van der Waals surface area (Å²) in [6, 6.07) is 1.42. The number of aliphatic hydroxyl groups excluding tert-OH is 1. The van der Waals surface area contributed by atoms with Gasteiger partial charge in [0.15, 0.2) is 0 Å². The molecule has 0 aromatic carbocycles. The fraction of sp³-hybridized carbons (Fsp3) is 0.375. The molecule has 0 amide bonds. The Balaban J connectivity index is 2.65. The standard InChI is InChI=1S/C8H10N4O2/c1-5-4-7(14)12-8(9-5)10-6(11-12)2-3-13/h4,13H,2-3H2,1H3,(H,9,10,11). The van der Waals surface area contributed by atoms with E-state index in [-0.39, 0.29) is 12.2 Å². The molecule has 0 aliphatic carbocycles. The third-order valence-electron chi connectivity index (χ3n) is 1.85. The predicted molar refractivity (Wildman–Crippen MR) is 49.1 cm³/mol. The van der Waals surface area contributed by atoms with Crippen LogP contribution in [0.3, 0.4) is 0 Å². The van der Waals surface area contributed by atoms with E-state index in [1.165, 1.54) is 10.6 Å². The monoisotopic (exact) mass is 194 g/mol. The first-order valence-corrected chi connectivity index (χ1v) is 4.27. The molecule has 0 atom stereocenters. The van der Waals surface area contributed by atoms with Crippen molar-refractivity contribution < 1.29 is 5.11 Å². The normalized spacial score (nSPS) is 11.0. The molecule has 2 heterocycles. The molecule has 2 aromatic rings. The molecule has 2 aromatic heterocycles. The minimum absolute atomic E-state index is 0.00639. The van der Waals surface area contributed by atoms with Gasteiger partial charge in [0, 0.05) is 18.2 Å². The van der Waals surface area contributed by atoms with Gasteiger partial charge in [-0.15, -0.1) is 0 Å². The molecule has 6 nitrogen and oxygen atoms in total. The van der Waals surface area contributed by atoms with Gasteiger partial charge in [-0.05, 0) is 6.92 Å². The largest absolute Gasteiger partial charge is 0.396 e. The number of aryl methyl sites for hydroxylation is 1. The average molecular weight is 194 g/mol. The van der Waals surface area contributed by atoms with Crippen molar-refractivity contribution in [3.05, 3.63) is 27.9 Å². The van der Waals surface area contributed by atoms with Gasteiger partial charge in [-0.3, -0.25) is 9.89 Å².